The van der Waals surface area contributed by atoms with Gasteiger partial charge in [-0.15, -0.1) is 0 Å². The van der Waals surface area contributed by atoms with E-state index in [-0.39, 0.29) is 0 Å². The molecule has 0 atom stereocenters. The van der Waals surface area contributed by atoms with Crippen LogP contribution in [0.2, 0.25) is 0 Å². The fourth-order valence-corrected chi connectivity index (χ4v) is 10.1. The van der Waals surface area contributed by atoms with E-state index >= 15 is 0 Å². The first-order valence-electron chi connectivity index (χ1n) is 22.9. The Bertz CT molecular complexity index is 1800. The molecule has 6 N–H and O–H groups in total. The van der Waals surface area contributed by atoms with Crippen LogP contribution >= 0.6 is 0 Å². The summed E-state index contributed by atoms with van der Waals surface area (Å²) in [6.07, 6.45) is 5.88. The van der Waals surface area contributed by atoms with E-state index in [0.717, 1.165) is 112 Å². The molecule has 0 aliphatic carbocycles. The fourth-order valence-electron chi connectivity index (χ4n) is 10.1. The number of aromatic nitrogens is 3. The van der Waals surface area contributed by atoms with Crippen molar-refractivity contribution in [1.82, 2.24) is 46.9 Å². The Balaban J connectivity index is 1.38. The monoisotopic (exact) mass is 808 g/mol. The molecule has 5 aromatic rings. The molecule has 3 aliphatic heterocycles. The standard InChI is InChI=1S/C51H69N9/c1-7-40-46-28-52-22-34-16-13-18-37(58-34)25-55-31-49-43(10-4)50-32-56-26-38-19-14-17-35(59-38)23-53-29-47(40)42(9-3)48(41(46)8-2)30-54-24-36-20-15-21-39(60-36)27-57-33-51(44(49)11-5)45(50)12-6/h13-21,52-57H,7-12,22-33H2,1-6H3. The lowest BCUT2D eigenvalue weighted by Crippen LogP contribution is -2.26. The first-order valence-corrected chi connectivity index (χ1v) is 22.9. The SMILES string of the molecule is CCc1c2c(CC)c3c(CC)c1CNCc1cccc(n1)CNCc1c(CC)c(c(CC)c(c1CC)CNCc1cccc(n1)CNC3)CNCc1cccc(n1)CNC2. The summed E-state index contributed by atoms with van der Waals surface area (Å²) in [5.74, 6) is 0. The molecule has 0 radical (unpaired) electrons. The highest BCUT2D eigenvalue weighted by molar-refractivity contribution is 5.54. The van der Waals surface area contributed by atoms with Crippen molar-refractivity contribution in [2.45, 2.75) is 159 Å². The number of benzene rings is 2. The fraction of sp³-hybridized carbons (Fsp3) is 0.471. The van der Waals surface area contributed by atoms with Gasteiger partial charge < -0.3 is 31.9 Å². The largest absolute Gasteiger partial charge is 0.307 e. The van der Waals surface area contributed by atoms with E-state index < -0.39 is 0 Å². The van der Waals surface area contributed by atoms with Crippen molar-refractivity contribution in [2.24, 2.45) is 0 Å². The minimum Gasteiger partial charge on any atom is -0.307 e. The van der Waals surface area contributed by atoms with Crippen LogP contribution in [0.15, 0.2) is 54.6 Å². The Labute approximate surface area is 359 Å². The summed E-state index contributed by atoms with van der Waals surface area (Å²) in [5, 5.41) is 23.2. The molecular formula is C51H69N9. The van der Waals surface area contributed by atoms with E-state index in [4.69, 9.17) is 15.0 Å². The number of hydrogen-bond donors (Lipinski definition) is 6. The zero-order valence-electron chi connectivity index (χ0n) is 37.3. The molecule has 60 heavy (non-hydrogen) atoms. The maximum Gasteiger partial charge on any atom is 0.0545 e. The first kappa shape index (κ1) is 43.7. The highest BCUT2D eigenvalue weighted by Crippen LogP contribution is 2.33. The van der Waals surface area contributed by atoms with Crippen molar-refractivity contribution in [2.75, 3.05) is 0 Å². The third-order valence-electron chi connectivity index (χ3n) is 12.7. The molecule has 6 heterocycles. The molecule has 318 valence electrons. The van der Waals surface area contributed by atoms with Crippen molar-refractivity contribution >= 4 is 0 Å². The van der Waals surface area contributed by atoms with Gasteiger partial charge >= 0.3 is 0 Å². The van der Waals surface area contributed by atoms with Crippen LogP contribution in [0.1, 0.15) is 142 Å². The molecule has 0 fully saturated rings. The van der Waals surface area contributed by atoms with Crippen molar-refractivity contribution < 1.29 is 0 Å². The molecule has 3 aliphatic rings. The van der Waals surface area contributed by atoms with Crippen molar-refractivity contribution in [3.63, 3.8) is 0 Å². The van der Waals surface area contributed by atoms with Crippen LogP contribution in [-0.4, -0.2) is 15.0 Å². The highest BCUT2D eigenvalue weighted by Gasteiger charge is 2.23. The smallest absolute Gasteiger partial charge is 0.0545 e. The van der Waals surface area contributed by atoms with Crippen LogP contribution < -0.4 is 31.9 Å². The summed E-state index contributed by atoms with van der Waals surface area (Å²) < 4.78 is 0. The second kappa shape index (κ2) is 21.4. The minimum absolute atomic E-state index is 0.714. The van der Waals surface area contributed by atoms with Crippen molar-refractivity contribution in [3.05, 3.63) is 156 Å². The maximum atomic E-state index is 5.17. The summed E-state index contributed by atoms with van der Waals surface area (Å²) in [5.41, 5.74) is 23.9. The molecule has 3 aromatic heterocycles. The van der Waals surface area contributed by atoms with E-state index in [9.17, 15) is 0 Å². The van der Waals surface area contributed by atoms with E-state index in [1.54, 1.807) is 0 Å². The minimum atomic E-state index is 0.714. The topological polar surface area (TPSA) is 111 Å². The highest BCUT2D eigenvalue weighted by atomic mass is 14.9. The normalized spacial score (nSPS) is 15.7. The Morgan fingerprint density at radius 3 is 0.600 bits per heavy atom. The Hall–Kier alpha value is -4.35. The number of nitrogens with zero attached hydrogens (tertiary/aromatic N) is 3. The van der Waals surface area contributed by atoms with Gasteiger partial charge in [0, 0.05) is 78.5 Å². The number of fused-ring (bicyclic) bond motifs is 12. The second-order valence-corrected chi connectivity index (χ2v) is 16.3. The number of nitrogens with one attached hydrogen (secondary N) is 6. The lowest BCUT2D eigenvalue weighted by Gasteiger charge is -2.27. The zero-order chi connectivity index (χ0) is 41.8. The van der Waals surface area contributed by atoms with Crippen LogP contribution in [0.5, 0.6) is 0 Å². The van der Waals surface area contributed by atoms with E-state index in [2.05, 4.69) is 128 Å². The van der Waals surface area contributed by atoms with Gasteiger partial charge in [-0.2, -0.15) is 0 Å². The summed E-state index contributed by atoms with van der Waals surface area (Å²) in [6.45, 7) is 23.0. The molecule has 0 unspecified atom stereocenters. The zero-order valence-corrected chi connectivity index (χ0v) is 37.3. The third-order valence-corrected chi connectivity index (χ3v) is 12.7. The molecular weight excluding hydrogens is 739 g/mol. The van der Waals surface area contributed by atoms with Crippen molar-refractivity contribution in [3.8, 4) is 0 Å². The van der Waals surface area contributed by atoms with Crippen LogP contribution in [0.25, 0.3) is 0 Å². The molecule has 12 bridgehead atoms. The Morgan fingerprint density at radius 2 is 0.450 bits per heavy atom. The van der Waals surface area contributed by atoms with Crippen LogP contribution in [0.4, 0.5) is 0 Å². The summed E-state index contributed by atoms with van der Waals surface area (Å²) >= 11 is 0. The van der Waals surface area contributed by atoms with Gasteiger partial charge in [0.1, 0.15) is 0 Å². The van der Waals surface area contributed by atoms with Crippen LogP contribution in [0, 0.1) is 0 Å². The van der Waals surface area contributed by atoms with Gasteiger partial charge in [-0.3, -0.25) is 15.0 Å². The summed E-state index contributed by atoms with van der Waals surface area (Å²) in [4.78, 5) is 15.5. The molecule has 8 rings (SSSR count). The quantitative estimate of drug-likeness (QED) is 0.103. The Kier molecular flexibility index (Phi) is 15.6. The van der Waals surface area contributed by atoms with E-state index in [1.807, 2.05) is 0 Å². The molecule has 0 amide bonds. The lowest BCUT2D eigenvalue weighted by molar-refractivity contribution is 0.617. The van der Waals surface area contributed by atoms with Crippen molar-refractivity contribution in [1.29, 1.82) is 0 Å². The van der Waals surface area contributed by atoms with E-state index in [0.29, 0.717) is 39.3 Å². The third kappa shape index (κ3) is 10.0. The Morgan fingerprint density at radius 1 is 0.283 bits per heavy atom. The van der Waals surface area contributed by atoms with Gasteiger partial charge in [0.25, 0.3) is 0 Å². The predicted octanol–water partition coefficient (Wildman–Crippen LogP) is 7.61. The van der Waals surface area contributed by atoms with E-state index in [1.165, 1.54) is 66.8 Å². The molecule has 0 spiro atoms. The van der Waals surface area contributed by atoms with Gasteiger partial charge in [0.15, 0.2) is 0 Å². The summed E-state index contributed by atoms with van der Waals surface area (Å²) in [6, 6.07) is 19.5. The van der Waals surface area contributed by atoms with Crippen LogP contribution in [0.3, 0.4) is 0 Å². The van der Waals surface area contributed by atoms with Gasteiger partial charge in [0.05, 0.1) is 34.2 Å². The number of rotatable bonds is 6. The average Bonchev–Trinajstić information content (AvgIpc) is 3.26. The average molecular weight is 808 g/mol. The number of pyridine rings is 3. The second-order valence-electron chi connectivity index (χ2n) is 16.3. The van der Waals surface area contributed by atoms with Gasteiger partial charge in [-0.25, -0.2) is 0 Å². The van der Waals surface area contributed by atoms with Gasteiger partial charge in [-0.1, -0.05) is 59.7 Å². The molecule has 0 saturated heterocycles. The molecule has 9 heteroatoms. The lowest BCUT2D eigenvalue weighted by atomic mass is 9.83. The maximum absolute atomic E-state index is 5.17. The van der Waals surface area contributed by atoms with Gasteiger partial charge in [0.2, 0.25) is 0 Å². The first-order chi connectivity index (χ1) is 29.5. The molecule has 0 saturated carbocycles. The predicted molar refractivity (Wildman–Crippen MR) is 245 cm³/mol. The van der Waals surface area contributed by atoms with Crippen LogP contribution in [-0.2, 0) is 117 Å². The molecule has 2 aromatic carbocycles. The molecule has 9 nitrogen and oxygen atoms in total. The van der Waals surface area contributed by atoms with Gasteiger partial charge in [-0.05, 0) is 142 Å². The number of hydrogen-bond acceptors (Lipinski definition) is 9. The summed E-state index contributed by atoms with van der Waals surface area (Å²) in [7, 11) is 0.